The number of rotatable bonds is 5. The van der Waals surface area contributed by atoms with Crippen molar-refractivity contribution in [1.29, 1.82) is 0 Å². The molecule has 1 N–H and O–H groups in total. The second kappa shape index (κ2) is 7.45. The lowest BCUT2D eigenvalue weighted by molar-refractivity contribution is 0.0472. The molecule has 3 aromatic carbocycles. The summed E-state index contributed by atoms with van der Waals surface area (Å²) >= 11 is 0. The summed E-state index contributed by atoms with van der Waals surface area (Å²) in [5.74, 6) is -1.33. The van der Waals surface area contributed by atoms with Gasteiger partial charge in [-0.3, -0.25) is 0 Å². The maximum absolute atomic E-state index is 12.1. The van der Waals surface area contributed by atoms with Crippen LogP contribution in [0.5, 0.6) is 0 Å². The lowest BCUT2D eigenvalue weighted by Gasteiger charge is -2.06. The Morgan fingerprint density at radius 3 is 1.76 bits per heavy atom. The Morgan fingerprint density at radius 1 is 0.720 bits per heavy atom. The summed E-state index contributed by atoms with van der Waals surface area (Å²) in [6.45, 7) is 0.234. The van der Waals surface area contributed by atoms with Gasteiger partial charge in [0.2, 0.25) is 0 Å². The van der Waals surface area contributed by atoms with Crippen molar-refractivity contribution in [2.24, 2.45) is 0 Å². The lowest BCUT2D eigenvalue weighted by Crippen LogP contribution is -2.05. The predicted octanol–water partition coefficient (Wildman–Crippen LogP) is 4.41. The van der Waals surface area contributed by atoms with E-state index in [1.807, 2.05) is 42.5 Å². The maximum atomic E-state index is 12.1. The zero-order chi connectivity index (χ0) is 17.6. The van der Waals surface area contributed by atoms with Crippen LogP contribution in [0.15, 0.2) is 78.9 Å². The van der Waals surface area contributed by atoms with Crippen LogP contribution in [-0.2, 0) is 11.3 Å². The minimum Gasteiger partial charge on any atom is -0.478 e. The van der Waals surface area contributed by atoms with Crippen molar-refractivity contribution in [3.8, 4) is 11.1 Å². The molecule has 3 rings (SSSR count). The Kier molecular flexibility index (Phi) is 4.90. The average Bonchev–Trinajstić information content (AvgIpc) is 2.67. The fourth-order valence-corrected chi connectivity index (χ4v) is 2.41. The van der Waals surface area contributed by atoms with Gasteiger partial charge >= 0.3 is 11.9 Å². The first-order valence-electron chi connectivity index (χ1n) is 7.78. The number of hydrogen-bond acceptors (Lipinski definition) is 3. The summed E-state index contributed by atoms with van der Waals surface area (Å²) in [7, 11) is 0. The molecular weight excluding hydrogens is 316 g/mol. The van der Waals surface area contributed by atoms with Gasteiger partial charge in [0, 0.05) is 0 Å². The van der Waals surface area contributed by atoms with E-state index in [2.05, 4.69) is 0 Å². The van der Waals surface area contributed by atoms with E-state index in [-0.39, 0.29) is 18.1 Å². The molecule has 4 nitrogen and oxygen atoms in total. The molecule has 4 heteroatoms. The Labute approximate surface area is 145 Å². The molecule has 0 saturated carbocycles. The smallest absolute Gasteiger partial charge is 0.338 e. The van der Waals surface area contributed by atoms with Gasteiger partial charge in [-0.25, -0.2) is 9.59 Å². The molecule has 0 unspecified atom stereocenters. The predicted molar refractivity (Wildman–Crippen MR) is 94.4 cm³/mol. The number of carboxylic acids is 1. The quantitative estimate of drug-likeness (QED) is 0.703. The minimum atomic E-state index is -0.956. The van der Waals surface area contributed by atoms with Gasteiger partial charge in [-0.15, -0.1) is 0 Å². The molecule has 0 aromatic heterocycles. The molecule has 0 saturated heterocycles. The highest BCUT2D eigenvalue weighted by Gasteiger charge is 2.08. The molecular formula is C21H16O4. The summed E-state index contributed by atoms with van der Waals surface area (Å²) in [6.07, 6.45) is 0. The third-order valence-electron chi connectivity index (χ3n) is 3.80. The lowest BCUT2D eigenvalue weighted by atomic mass is 10.0. The van der Waals surface area contributed by atoms with Crippen LogP contribution in [-0.4, -0.2) is 17.0 Å². The molecule has 124 valence electrons. The third kappa shape index (κ3) is 4.12. The topological polar surface area (TPSA) is 63.6 Å². The van der Waals surface area contributed by atoms with E-state index in [1.54, 1.807) is 36.4 Å². The van der Waals surface area contributed by atoms with Crippen LogP contribution in [0.3, 0.4) is 0 Å². The fourth-order valence-electron chi connectivity index (χ4n) is 2.41. The Bertz CT molecular complexity index is 866. The van der Waals surface area contributed by atoms with Gasteiger partial charge in [0.15, 0.2) is 0 Å². The van der Waals surface area contributed by atoms with E-state index in [0.717, 1.165) is 16.7 Å². The van der Waals surface area contributed by atoms with E-state index in [4.69, 9.17) is 9.84 Å². The molecule has 0 amide bonds. The second-order valence-electron chi connectivity index (χ2n) is 5.52. The number of carbonyl (C=O) groups excluding carboxylic acids is 1. The monoisotopic (exact) mass is 332 g/mol. The van der Waals surface area contributed by atoms with Gasteiger partial charge in [0.1, 0.15) is 6.61 Å². The van der Waals surface area contributed by atoms with Crippen LogP contribution in [0.2, 0.25) is 0 Å². The highest BCUT2D eigenvalue weighted by molar-refractivity contribution is 5.90. The van der Waals surface area contributed by atoms with Crippen LogP contribution in [0.4, 0.5) is 0 Å². The molecule has 0 heterocycles. The van der Waals surface area contributed by atoms with Crippen LogP contribution in [0.1, 0.15) is 26.3 Å². The zero-order valence-corrected chi connectivity index (χ0v) is 13.4. The minimum absolute atomic E-state index is 0.234. The Morgan fingerprint density at radius 2 is 1.24 bits per heavy atom. The van der Waals surface area contributed by atoms with Gasteiger partial charge in [0.05, 0.1) is 11.1 Å². The summed E-state index contributed by atoms with van der Waals surface area (Å²) < 4.78 is 5.30. The summed E-state index contributed by atoms with van der Waals surface area (Å²) in [6, 6.07) is 23.1. The van der Waals surface area contributed by atoms with E-state index in [1.165, 1.54) is 0 Å². The van der Waals surface area contributed by atoms with Gasteiger partial charge in [-0.2, -0.15) is 0 Å². The molecule has 0 aliphatic rings. The number of benzene rings is 3. The van der Waals surface area contributed by atoms with Crippen molar-refractivity contribution in [1.82, 2.24) is 0 Å². The van der Waals surface area contributed by atoms with E-state index >= 15 is 0 Å². The molecule has 3 aromatic rings. The highest BCUT2D eigenvalue weighted by atomic mass is 16.5. The van der Waals surface area contributed by atoms with Gasteiger partial charge in [-0.05, 0) is 41.0 Å². The largest absolute Gasteiger partial charge is 0.478 e. The molecule has 0 spiro atoms. The SMILES string of the molecule is O=C(O)c1ccc(-c2ccc(C(=O)OCc3ccccc3)cc2)cc1. The Hall–Kier alpha value is -3.40. The number of ether oxygens (including phenoxy) is 1. The number of aromatic carboxylic acids is 1. The van der Waals surface area contributed by atoms with Crippen molar-refractivity contribution in [3.63, 3.8) is 0 Å². The van der Waals surface area contributed by atoms with Crippen LogP contribution < -0.4 is 0 Å². The van der Waals surface area contributed by atoms with Crippen LogP contribution in [0, 0.1) is 0 Å². The maximum Gasteiger partial charge on any atom is 0.338 e. The number of esters is 1. The van der Waals surface area contributed by atoms with E-state index in [0.29, 0.717) is 5.56 Å². The van der Waals surface area contributed by atoms with Crippen molar-refractivity contribution in [2.75, 3.05) is 0 Å². The fraction of sp³-hybridized carbons (Fsp3) is 0.0476. The second-order valence-corrected chi connectivity index (χ2v) is 5.52. The summed E-state index contributed by atoms with van der Waals surface area (Å²) in [4.78, 5) is 23.0. The summed E-state index contributed by atoms with van der Waals surface area (Å²) in [5, 5.41) is 8.93. The van der Waals surface area contributed by atoms with Crippen molar-refractivity contribution >= 4 is 11.9 Å². The first kappa shape index (κ1) is 16.5. The standard InChI is InChI=1S/C21H16O4/c22-20(23)18-10-6-16(7-11-18)17-8-12-19(13-9-17)21(24)25-14-15-4-2-1-3-5-15/h1-13H,14H2,(H,22,23). The van der Waals surface area contributed by atoms with Gasteiger partial charge in [0.25, 0.3) is 0 Å². The highest BCUT2D eigenvalue weighted by Crippen LogP contribution is 2.21. The number of carbonyl (C=O) groups is 2. The van der Waals surface area contributed by atoms with Gasteiger partial charge in [-0.1, -0.05) is 54.6 Å². The van der Waals surface area contributed by atoms with E-state index < -0.39 is 5.97 Å². The van der Waals surface area contributed by atoms with Gasteiger partial charge < -0.3 is 9.84 Å². The third-order valence-corrected chi connectivity index (χ3v) is 3.80. The van der Waals surface area contributed by atoms with Crippen molar-refractivity contribution < 1.29 is 19.4 Å². The van der Waals surface area contributed by atoms with Crippen molar-refractivity contribution in [3.05, 3.63) is 95.6 Å². The molecule has 0 atom stereocenters. The van der Waals surface area contributed by atoms with Crippen LogP contribution >= 0.6 is 0 Å². The molecule has 0 radical (unpaired) electrons. The molecule has 0 bridgehead atoms. The molecule has 0 aliphatic carbocycles. The molecule has 25 heavy (non-hydrogen) atoms. The first-order chi connectivity index (χ1) is 12.1. The Balaban J connectivity index is 1.67. The van der Waals surface area contributed by atoms with Crippen LogP contribution in [0.25, 0.3) is 11.1 Å². The molecule has 0 aliphatic heterocycles. The van der Waals surface area contributed by atoms with Crippen molar-refractivity contribution in [2.45, 2.75) is 6.61 Å². The number of hydrogen-bond donors (Lipinski definition) is 1. The average molecular weight is 332 g/mol. The first-order valence-corrected chi connectivity index (χ1v) is 7.78. The van der Waals surface area contributed by atoms with E-state index in [9.17, 15) is 9.59 Å². The molecule has 0 fully saturated rings. The zero-order valence-electron chi connectivity index (χ0n) is 13.4. The normalized spacial score (nSPS) is 10.2. The summed E-state index contributed by atoms with van der Waals surface area (Å²) in [5.41, 5.74) is 3.43. The number of carboxylic acid groups (broad SMARTS) is 1.